The summed E-state index contributed by atoms with van der Waals surface area (Å²) in [6.07, 6.45) is 1.52. The maximum absolute atomic E-state index is 13.3. The number of benzene rings is 3. The third-order valence-corrected chi connectivity index (χ3v) is 6.74. The topological polar surface area (TPSA) is 67.9 Å². The molecule has 4 rings (SSSR count). The number of hydrogen-bond donors (Lipinski definition) is 1. The lowest BCUT2D eigenvalue weighted by Crippen LogP contribution is -2.54. The van der Waals surface area contributed by atoms with Crippen molar-refractivity contribution in [2.45, 2.75) is 20.5 Å². The predicted octanol–water partition coefficient (Wildman–Crippen LogP) is 6.03. The third kappa shape index (κ3) is 5.38. The van der Waals surface area contributed by atoms with Gasteiger partial charge in [-0.15, -0.1) is 0 Å². The summed E-state index contributed by atoms with van der Waals surface area (Å²) in [6, 6.07) is 15.7. The molecule has 1 heterocycles. The fourth-order valence-corrected chi connectivity index (χ4v) is 4.32. The Morgan fingerprint density at radius 2 is 1.67 bits per heavy atom. The van der Waals surface area contributed by atoms with E-state index >= 15 is 0 Å². The Hall–Kier alpha value is -3.39. The minimum absolute atomic E-state index is 0.00171. The van der Waals surface area contributed by atoms with E-state index in [-0.39, 0.29) is 17.3 Å². The molecule has 0 spiro atoms. The SMILES string of the molecule is COc1ccc(C=C2C(=O)NC(=S)N(c3ccc(Cl)cc3)C2=O)cc1COc1cc(C)c(Cl)c(C)c1. The van der Waals surface area contributed by atoms with Gasteiger partial charge in [-0.05, 0) is 97.4 Å². The number of halogens is 2. The molecule has 1 saturated heterocycles. The predicted molar refractivity (Wildman–Crippen MR) is 146 cm³/mol. The van der Waals surface area contributed by atoms with E-state index in [1.54, 1.807) is 43.5 Å². The standard InChI is InChI=1S/C27H22Cl2N2O4S/c1-15-10-21(11-16(2)24(15)29)35-14-18-12-17(4-9-23(18)34-3)13-22-25(32)30-27(36)31(26(22)33)20-7-5-19(28)6-8-20/h4-13H,14H2,1-3H3,(H,30,32,36). The molecule has 1 fully saturated rings. The van der Waals surface area contributed by atoms with Crippen LogP contribution in [-0.4, -0.2) is 24.0 Å². The van der Waals surface area contributed by atoms with E-state index in [1.165, 1.54) is 11.0 Å². The number of rotatable bonds is 6. The van der Waals surface area contributed by atoms with Gasteiger partial charge in [0.1, 0.15) is 23.7 Å². The quantitative estimate of drug-likeness (QED) is 0.235. The Kier molecular flexibility index (Phi) is 7.64. The molecule has 0 saturated carbocycles. The number of amides is 2. The smallest absolute Gasteiger partial charge is 0.270 e. The summed E-state index contributed by atoms with van der Waals surface area (Å²) in [4.78, 5) is 27.2. The zero-order valence-corrected chi connectivity index (χ0v) is 22.1. The van der Waals surface area contributed by atoms with Crippen molar-refractivity contribution in [2.75, 3.05) is 12.0 Å². The Morgan fingerprint density at radius 1 is 1.00 bits per heavy atom. The fraction of sp³-hybridized carbons (Fsp3) is 0.148. The second kappa shape index (κ2) is 10.7. The fourth-order valence-electron chi connectivity index (χ4n) is 3.80. The molecule has 1 N–H and O–H groups in total. The molecule has 3 aromatic rings. The zero-order chi connectivity index (χ0) is 26.0. The van der Waals surface area contributed by atoms with Crippen LogP contribution in [0.15, 0.2) is 60.2 Å². The molecule has 0 atom stereocenters. The van der Waals surface area contributed by atoms with Crippen LogP contribution < -0.4 is 19.7 Å². The number of hydrogen-bond acceptors (Lipinski definition) is 5. The number of carbonyl (C=O) groups is 2. The first-order valence-corrected chi connectivity index (χ1v) is 12.1. The van der Waals surface area contributed by atoms with E-state index in [1.807, 2.05) is 32.0 Å². The van der Waals surface area contributed by atoms with Crippen LogP contribution in [0.5, 0.6) is 11.5 Å². The highest BCUT2D eigenvalue weighted by atomic mass is 35.5. The number of aryl methyl sites for hydroxylation is 2. The Balaban J connectivity index is 1.63. The summed E-state index contributed by atoms with van der Waals surface area (Å²) in [7, 11) is 1.57. The molecule has 0 aliphatic carbocycles. The first-order valence-electron chi connectivity index (χ1n) is 10.9. The van der Waals surface area contributed by atoms with Crippen LogP contribution in [-0.2, 0) is 16.2 Å². The third-order valence-electron chi connectivity index (χ3n) is 5.61. The molecule has 0 radical (unpaired) electrons. The molecule has 184 valence electrons. The molecular formula is C27H22Cl2N2O4S. The summed E-state index contributed by atoms with van der Waals surface area (Å²) >= 11 is 17.5. The number of nitrogens with zero attached hydrogens (tertiary/aromatic N) is 1. The number of ether oxygens (including phenoxy) is 2. The Bertz CT molecular complexity index is 1380. The van der Waals surface area contributed by atoms with Crippen LogP contribution in [0.2, 0.25) is 10.0 Å². The minimum Gasteiger partial charge on any atom is -0.496 e. The summed E-state index contributed by atoms with van der Waals surface area (Å²) in [5.41, 5.74) is 3.65. The normalized spacial score (nSPS) is 14.8. The van der Waals surface area contributed by atoms with Gasteiger partial charge in [0.25, 0.3) is 11.8 Å². The van der Waals surface area contributed by atoms with Gasteiger partial charge in [-0.3, -0.25) is 19.8 Å². The maximum Gasteiger partial charge on any atom is 0.270 e. The highest BCUT2D eigenvalue weighted by Crippen LogP contribution is 2.29. The molecule has 0 aromatic heterocycles. The highest BCUT2D eigenvalue weighted by molar-refractivity contribution is 7.80. The van der Waals surface area contributed by atoms with E-state index in [4.69, 9.17) is 44.9 Å². The van der Waals surface area contributed by atoms with Gasteiger partial charge in [0.15, 0.2) is 5.11 Å². The summed E-state index contributed by atoms with van der Waals surface area (Å²) in [6.45, 7) is 4.05. The van der Waals surface area contributed by atoms with Gasteiger partial charge >= 0.3 is 0 Å². The molecule has 9 heteroatoms. The van der Waals surface area contributed by atoms with Gasteiger partial charge in [-0.25, -0.2) is 0 Å². The van der Waals surface area contributed by atoms with Crippen LogP contribution in [0.3, 0.4) is 0 Å². The van der Waals surface area contributed by atoms with Crippen molar-refractivity contribution in [3.63, 3.8) is 0 Å². The van der Waals surface area contributed by atoms with Crippen LogP contribution in [0.1, 0.15) is 22.3 Å². The van der Waals surface area contributed by atoms with Crippen molar-refractivity contribution in [1.82, 2.24) is 5.32 Å². The summed E-state index contributed by atoms with van der Waals surface area (Å²) < 4.78 is 11.5. The minimum atomic E-state index is -0.573. The molecule has 3 aromatic carbocycles. The first-order chi connectivity index (χ1) is 17.2. The zero-order valence-electron chi connectivity index (χ0n) is 19.7. The van der Waals surface area contributed by atoms with E-state index in [0.29, 0.717) is 32.8 Å². The van der Waals surface area contributed by atoms with Crippen LogP contribution in [0, 0.1) is 13.8 Å². The lowest BCUT2D eigenvalue weighted by Gasteiger charge is -2.29. The van der Waals surface area contributed by atoms with Gasteiger partial charge in [-0.2, -0.15) is 0 Å². The second-order valence-corrected chi connectivity index (χ2v) is 9.37. The molecule has 36 heavy (non-hydrogen) atoms. The Morgan fingerprint density at radius 3 is 2.31 bits per heavy atom. The van der Waals surface area contributed by atoms with Crippen molar-refractivity contribution in [1.29, 1.82) is 0 Å². The van der Waals surface area contributed by atoms with Gasteiger partial charge in [0.05, 0.1) is 12.8 Å². The molecule has 0 bridgehead atoms. The van der Waals surface area contributed by atoms with Crippen LogP contribution in [0.25, 0.3) is 6.08 Å². The number of anilines is 1. The number of nitrogens with one attached hydrogen (secondary N) is 1. The van der Waals surface area contributed by atoms with E-state index in [9.17, 15) is 9.59 Å². The number of carbonyl (C=O) groups excluding carboxylic acids is 2. The van der Waals surface area contributed by atoms with Gasteiger partial charge in [0.2, 0.25) is 0 Å². The van der Waals surface area contributed by atoms with E-state index < -0.39 is 11.8 Å². The second-order valence-electron chi connectivity index (χ2n) is 8.17. The molecule has 2 amide bonds. The molecule has 1 aliphatic rings. The van der Waals surface area contributed by atoms with E-state index in [2.05, 4.69) is 5.32 Å². The number of methoxy groups -OCH3 is 1. The van der Waals surface area contributed by atoms with Crippen molar-refractivity contribution in [3.05, 3.63) is 92.5 Å². The van der Waals surface area contributed by atoms with Crippen LogP contribution >= 0.6 is 35.4 Å². The summed E-state index contributed by atoms with van der Waals surface area (Å²) in [5, 5.41) is 3.80. The molecule has 1 aliphatic heterocycles. The van der Waals surface area contributed by atoms with E-state index in [0.717, 1.165) is 16.7 Å². The van der Waals surface area contributed by atoms with Gasteiger partial charge in [-0.1, -0.05) is 29.3 Å². The van der Waals surface area contributed by atoms with Crippen molar-refractivity contribution in [3.8, 4) is 11.5 Å². The lowest BCUT2D eigenvalue weighted by atomic mass is 10.0. The van der Waals surface area contributed by atoms with Gasteiger partial charge < -0.3 is 9.47 Å². The highest BCUT2D eigenvalue weighted by Gasteiger charge is 2.34. The summed E-state index contributed by atoms with van der Waals surface area (Å²) in [5.74, 6) is 0.180. The van der Waals surface area contributed by atoms with Gasteiger partial charge in [0, 0.05) is 15.6 Å². The molecule has 0 unspecified atom stereocenters. The average Bonchev–Trinajstić information content (AvgIpc) is 2.84. The Labute approximate surface area is 224 Å². The largest absolute Gasteiger partial charge is 0.496 e. The first kappa shape index (κ1) is 25.7. The monoisotopic (exact) mass is 540 g/mol. The number of thiocarbonyl (C=S) groups is 1. The molecule has 6 nitrogen and oxygen atoms in total. The van der Waals surface area contributed by atoms with Crippen LogP contribution in [0.4, 0.5) is 5.69 Å². The van der Waals surface area contributed by atoms with Crippen molar-refractivity contribution < 1.29 is 19.1 Å². The lowest BCUT2D eigenvalue weighted by molar-refractivity contribution is -0.122. The van der Waals surface area contributed by atoms with Crippen molar-refractivity contribution >= 4 is 64.1 Å². The molecular weight excluding hydrogens is 519 g/mol. The van der Waals surface area contributed by atoms with Crippen molar-refractivity contribution in [2.24, 2.45) is 0 Å². The average molecular weight is 541 g/mol. The maximum atomic E-state index is 13.3.